The predicted molar refractivity (Wildman–Crippen MR) is 92.7 cm³/mol. The largest absolute Gasteiger partial charge is 0.361 e. The number of hydrogen-bond donors (Lipinski definition) is 1. The van der Waals surface area contributed by atoms with Crippen LogP contribution in [-0.2, 0) is 6.54 Å². The van der Waals surface area contributed by atoms with Crippen LogP contribution in [0.3, 0.4) is 0 Å². The fraction of sp³-hybridized carbons (Fsp3) is 0.667. The number of aromatic nitrogens is 1. The van der Waals surface area contributed by atoms with Gasteiger partial charge in [-0.2, -0.15) is 0 Å². The number of carbonyl (C=O) groups excluding carboxylic acids is 1. The van der Waals surface area contributed by atoms with E-state index in [9.17, 15) is 4.79 Å². The molecule has 0 atom stereocenters. The molecule has 132 valence electrons. The zero-order chi connectivity index (χ0) is 16.8. The van der Waals surface area contributed by atoms with Gasteiger partial charge in [0.2, 0.25) is 0 Å². The normalized spacial score (nSPS) is 19.2. The van der Waals surface area contributed by atoms with Gasteiger partial charge in [-0.3, -0.25) is 4.90 Å². The van der Waals surface area contributed by atoms with Gasteiger partial charge in [0.25, 0.3) is 0 Å². The Bertz CT molecular complexity index is 573. The highest BCUT2D eigenvalue weighted by atomic mass is 16.5. The topological polar surface area (TPSA) is 61.6 Å². The van der Waals surface area contributed by atoms with Crippen LogP contribution >= 0.6 is 0 Å². The molecule has 1 aromatic rings. The van der Waals surface area contributed by atoms with E-state index in [4.69, 9.17) is 4.52 Å². The molecular weight excluding hydrogens is 304 g/mol. The van der Waals surface area contributed by atoms with Gasteiger partial charge in [-0.05, 0) is 39.0 Å². The van der Waals surface area contributed by atoms with E-state index in [2.05, 4.69) is 21.4 Å². The summed E-state index contributed by atoms with van der Waals surface area (Å²) < 4.78 is 5.10. The molecule has 6 nitrogen and oxygen atoms in total. The lowest BCUT2D eigenvalue weighted by atomic mass is 9.97. The Morgan fingerprint density at radius 3 is 2.79 bits per heavy atom. The third kappa shape index (κ3) is 4.84. The quantitative estimate of drug-likeness (QED) is 0.842. The molecule has 6 heteroatoms. The number of nitrogens with zero attached hydrogens (tertiary/aromatic N) is 3. The minimum absolute atomic E-state index is 0.0725. The van der Waals surface area contributed by atoms with Crippen LogP contribution in [0.2, 0.25) is 0 Å². The van der Waals surface area contributed by atoms with E-state index in [0.717, 1.165) is 57.1 Å². The number of aryl methyl sites for hydroxylation is 1. The summed E-state index contributed by atoms with van der Waals surface area (Å²) in [5.74, 6) is 0.844. The number of nitrogens with one attached hydrogen (secondary N) is 1. The molecule has 1 fully saturated rings. The summed E-state index contributed by atoms with van der Waals surface area (Å²) in [6.45, 7) is 6.75. The number of hydrogen-bond acceptors (Lipinski definition) is 4. The van der Waals surface area contributed by atoms with Gasteiger partial charge < -0.3 is 14.7 Å². The van der Waals surface area contributed by atoms with Crippen molar-refractivity contribution in [2.75, 3.05) is 32.7 Å². The molecule has 0 spiro atoms. The summed E-state index contributed by atoms with van der Waals surface area (Å²) in [7, 11) is 0. The van der Waals surface area contributed by atoms with Crippen LogP contribution in [0.4, 0.5) is 4.79 Å². The van der Waals surface area contributed by atoms with Gasteiger partial charge in [-0.15, -0.1) is 0 Å². The Kier molecular flexibility index (Phi) is 5.91. The Hall–Kier alpha value is -1.82. The summed E-state index contributed by atoms with van der Waals surface area (Å²) in [5.41, 5.74) is 2.47. The summed E-state index contributed by atoms with van der Waals surface area (Å²) in [6, 6.07) is 2.04. The standard InChI is InChI=1S/C18H28N4O2/c1-15-13-17(20-24-15)14-21-9-11-22(12-10-21)18(23)19-8-7-16-5-3-2-4-6-16/h5,13H,2-4,6-12,14H2,1H3,(H,19,23). The van der Waals surface area contributed by atoms with Gasteiger partial charge in [0.05, 0.1) is 5.69 Å². The van der Waals surface area contributed by atoms with Crippen LogP contribution in [0.25, 0.3) is 0 Å². The number of amides is 2. The van der Waals surface area contributed by atoms with Gasteiger partial charge >= 0.3 is 6.03 Å². The average molecular weight is 332 g/mol. The molecule has 0 unspecified atom stereocenters. The first kappa shape index (κ1) is 17.0. The van der Waals surface area contributed by atoms with Crippen LogP contribution in [-0.4, -0.2) is 53.7 Å². The van der Waals surface area contributed by atoms with Crippen LogP contribution in [0.15, 0.2) is 22.2 Å². The van der Waals surface area contributed by atoms with E-state index in [0.29, 0.717) is 0 Å². The van der Waals surface area contributed by atoms with Crippen LogP contribution in [0, 0.1) is 6.92 Å². The van der Waals surface area contributed by atoms with E-state index in [-0.39, 0.29) is 6.03 Å². The van der Waals surface area contributed by atoms with E-state index >= 15 is 0 Å². The number of rotatable bonds is 5. The molecule has 2 amide bonds. The van der Waals surface area contributed by atoms with E-state index in [1.54, 1.807) is 0 Å². The third-order valence-electron chi connectivity index (χ3n) is 4.83. The molecule has 1 aliphatic carbocycles. The van der Waals surface area contributed by atoms with Gasteiger partial charge in [-0.25, -0.2) is 4.79 Å². The molecule has 1 N–H and O–H groups in total. The second-order valence-electron chi connectivity index (χ2n) is 6.78. The Morgan fingerprint density at radius 2 is 2.12 bits per heavy atom. The number of allylic oxidation sites excluding steroid dienone is 1. The Balaban J connectivity index is 1.34. The fourth-order valence-corrected chi connectivity index (χ4v) is 3.40. The Labute approximate surface area is 143 Å². The summed E-state index contributed by atoms with van der Waals surface area (Å²) >= 11 is 0. The maximum Gasteiger partial charge on any atom is 0.317 e. The van der Waals surface area contributed by atoms with Crippen molar-refractivity contribution >= 4 is 6.03 Å². The van der Waals surface area contributed by atoms with Crippen molar-refractivity contribution in [3.05, 3.63) is 29.2 Å². The van der Waals surface area contributed by atoms with Crippen LogP contribution < -0.4 is 5.32 Å². The first-order valence-electron chi connectivity index (χ1n) is 9.06. The molecule has 0 radical (unpaired) electrons. The monoisotopic (exact) mass is 332 g/mol. The molecule has 0 bridgehead atoms. The van der Waals surface area contributed by atoms with Gasteiger partial charge in [-0.1, -0.05) is 16.8 Å². The third-order valence-corrected chi connectivity index (χ3v) is 4.83. The molecule has 2 heterocycles. The van der Waals surface area contributed by atoms with E-state index < -0.39 is 0 Å². The number of carbonyl (C=O) groups is 1. The lowest BCUT2D eigenvalue weighted by molar-refractivity contribution is 0.133. The lowest BCUT2D eigenvalue weighted by Crippen LogP contribution is -2.51. The van der Waals surface area contributed by atoms with E-state index in [1.165, 1.54) is 31.3 Å². The molecule has 3 rings (SSSR count). The number of urea groups is 1. The fourth-order valence-electron chi connectivity index (χ4n) is 3.40. The van der Waals surface area contributed by atoms with Crippen LogP contribution in [0.1, 0.15) is 43.6 Å². The molecule has 1 aliphatic heterocycles. The molecule has 0 saturated carbocycles. The van der Waals surface area contributed by atoms with Crippen molar-refractivity contribution in [2.45, 2.75) is 45.6 Å². The first-order valence-corrected chi connectivity index (χ1v) is 9.06. The van der Waals surface area contributed by atoms with E-state index in [1.807, 2.05) is 17.9 Å². The highest BCUT2D eigenvalue weighted by Crippen LogP contribution is 2.19. The molecule has 0 aromatic carbocycles. The molecule has 1 saturated heterocycles. The first-order chi connectivity index (χ1) is 11.7. The summed E-state index contributed by atoms with van der Waals surface area (Å²) in [4.78, 5) is 16.5. The Morgan fingerprint density at radius 1 is 1.29 bits per heavy atom. The zero-order valence-corrected chi connectivity index (χ0v) is 14.6. The van der Waals surface area contributed by atoms with Crippen molar-refractivity contribution < 1.29 is 9.32 Å². The van der Waals surface area contributed by atoms with Crippen LogP contribution in [0.5, 0.6) is 0 Å². The summed E-state index contributed by atoms with van der Waals surface area (Å²) in [6.07, 6.45) is 8.37. The zero-order valence-electron chi connectivity index (χ0n) is 14.6. The van der Waals surface area contributed by atoms with Crippen molar-refractivity contribution in [1.82, 2.24) is 20.3 Å². The average Bonchev–Trinajstić information content (AvgIpc) is 3.01. The maximum atomic E-state index is 12.3. The van der Waals surface area contributed by atoms with Gasteiger partial charge in [0, 0.05) is 45.3 Å². The maximum absolute atomic E-state index is 12.3. The minimum atomic E-state index is 0.0725. The van der Waals surface area contributed by atoms with Crippen molar-refractivity contribution in [2.24, 2.45) is 0 Å². The second-order valence-corrected chi connectivity index (χ2v) is 6.78. The SMILES string of the molecule is Cc1cc(CN2CCN(C(=O)NCCC3=CCCCC3)CC2)no1. The molecule has 1 aromatic heterocycles. The summed E-state index contributed by atoms with van der Waals surface area (Å²) in [5, 5.41) is 7.10. The smallest absolute Gasteiger partial charge is 0.317 e. The lowest BCUT2D eigenvalue weighted by Gasteiger charge is -2.34. The highest BCUT2D eigenvalue weighted by molar-refractivity contribution is 5.74. The highest BCUT2D eigenvalue weighted by Gasteiger charge is 2.21. The predicted octanol–water partition coefficient (Wildman–Crippen LogP) is 2.70. The second kappa shape index (κ2) is 8.33. The van der Waals surface area contributed by atoms with Crippen molar-refractivity contribution in [3.8, 4) is 0 Å². The van der Waals surface area contributed by atoms with Gasteiger partial charge in [0.1, 0.15) is 5.76 Å². The van der Waals surface area contributed by atoms with Gasteiger partial charge in [0.15, 0.2) is 0 Å². The minimum Gasteiger partial charge on any atom is -0.361 e. The van der Waals surface area contributed by atoms with Crippen molar-refractivity contribution in [3.63, 3.8) is 0 Å². The molecule has 2 aliphatic rings. The number of piperazine rings is 1. The van der Waals surface area contributed by atoms with Crippen molar-refractivity contribution in [1.29, 1.82) is 0 Å². The molecular formula is C18H28N4O2. The molecule has 24 heavy (non-hydrogen) atoms.